The fourth-order valence-corrected chi connectivity index (χ4v) is 2.94. The quantitative estimate of drug-likeness (QED) is 0.820. The molecule has 1 aliphatic heterocycles. The van der Waals surface area contributed by atoms with E-state index in [0.29, 0.717) is 0 Å². The lowest BCUT2D eigenvalue weighted by atomic mass is 9.94. The minimum Gasteiger partial charge on any atom is -0.633 e. The predicted molar refractivity (Wildman–Crippen MR) is 75.8 cm³/mol. The lowest BCUT2D eigenvalue weighted by Crippen LogP contribution is -3.09. The molecule has 3 rings (SSSR count). The second kappa shape index (κ2) is 5.34. The van der Waals surface area contributed by atoms with Gasteiger partial charge < -0.3 is 15.5 Å². The summed E-state index contributed by atoms with van der Waals surface area (Å²) in [5.74, 6) is 0. The summed E-state index contributed by atoms with van der Waals surface area (Å²) in [6.07, 6.45) is -0.481. The molecule has 4 atom stereocenters. The summed E-state index contributed by atoms with van der Waals surface area (Å²) in [5, 5.41) is 24.1. The molecule has 0 radical (unpaired) electrons. The third kappa shape index (κ3) is 2.13. The normalized spacial score (nSPS) is 30.6. The van der Waals surface area contributed by atoms with Gasteiger partial charge in [0.05, 0.1) is 0 Å². The van der Waals surface area contributed by atoms with Crippen molar-refractivity contribution in [1.29, 1.82) is 0 Å². The van der Waals surface area contributed by atoms with E-state index in [-0.39, 0.29) is 17.1 Å². The minimum atomic E-state index is -0.481. The number of rotatable bonds is 2. The van der Waals surface area contributed by atoms with Gasteiger partial charge in [0.1, 0.15) is 12.1 Å². The zero-order chi connectivity index (χ0) is 14.1. The van der Waals surface area contributed by atoms with E-state index in [1.54, 1.807) is 6.92 Å². The fraction of sp³-hybridized carbons (Fsp3) is 0.250. The van der Waals surface area contributed by atoms with Crippen molar-refractivity contribution in [3.63, 3.8) is 0 Å². The van der Waals surface area contributed by atoms with Crippen molar-refractivity contribution < 1.29 is 10.3 Å². The third-order valence-corrected chi connectivity index (χ3v) is 4.02. The summed E-state index contributed by atoms with van der Waals surface area (Å²) in [4.78, 5) is 0. The van der Waals surface area contributed by atoms with Crippen molar-refractivity contribution in [3.8, 4) is 0 Å². The topological polar surface area (TPSA) is 51.0 Å². The Hall–Kier alpha value is -1.72. The molecule has 4 unspecified atom stereocenters. The van der Waals surface area contributed by atoms with Crippen molar-refractivity contribution in [2.75, 3.05) is 0 Å². The maximum atomic E-state index is 12.5. The molecule has 1 saturated heterocycles. The van der Waals surface area contributed by atoms with Crippen LogP contribution < -0.4 is 5.06 Å². The van der Waals surface area contributed by atoms with E-state index in [1.807, 2.05) is 60.7 Å². The molecule has 0 aliphatic carbocycles. The van der Waals surface area contributed by atoms with Crippen LogP contribution in [0.5, 0.6) is 0 Å². The summed E-state index contributed by atoms with van der Waals surface area (Å²) in [6, 6.07) is 18.7. The standard InChI is InChI=1S/C16H18N2O2/c1-12-17(19)15(13-8-4-2-5-9-13)16(18(12)20)14-10-6-3-7-11-14/h2-12,15-17,20H,1H3. The first-order valence-corrected chi connectivity index (χ1v) is 6.81. The van der Waals surface area contributed by atoms with Gasteiger partial charge in [0.15, 0.2) is 6.17 Å². The number of hydrogen-bond donors (Lipinski definition) is 2. The Balaban J connectivity index is 2.05. The highest BCUT2D eigenvalue weighted by molar-refractivity contribution is 5.27. The molecule has 2 aromatic carbocycles. The van der Waals surface area contributed by atoms with E-state index in [4.69, 9.17) is 0 Å². The van der Waals surface area contributed by atoms with Crippen LogP contribution in [0, 0.1) is 5.21 Å². The maximum absolute atomic E-state index is 12.5. The fourth-order valence-electron chi connectivity index (χ4n) is 2.94. The number of benzene rings is 2. The van der Waals surface area contributed by atoms with Crippen LogP contribution >= 0.6 is 0 Å². The molecule has 4 nitrogen and oxygen atoms in total. The van der Waals surface area contributed by atoms with Gasteiger partial charge in [0, 0.05) is 12.5 Å². The molecule has 1 fully saturated rings. The number of hydroxylamine groups is 4. The van der Waals surface area contributed by atoms with Gasteiger partial charge in [-0.3, -0.25) is 0 Å². The van der Waals surface area contributed by atoms with Gasteiger partial charge in [-0.1, -0.05) is 60.7 Å². The van der Waals surface area contributed by atoms with E-state index < -0.39 is 6.17 Å². The van der Waals surface area contributed by atoms with Crippen LogP contribution in [0.25, 0.3) is 0 Å². The molecule has 0 amide bonds. The van der Waals surface area contributed by atoms with E-state index >= 15 is 0 Å². The van der Waals surface area contributed by atoms with E-state index in [0.717, 1.165) is 11.1 Å². The highest BCUT2D eigenvalue weighted by Gasteiger charge is 2.46. The van der Waals surface area contributed by atoms with Crippen molar-refractivity contribution in [2.24, 2.45) is 0 Å². The summed E-state index contributed by atoms with van der Waals surface area (Å²) in [5.41, 5.74) is 1.91. The first-order chi connectivity index (χ1) is 9.70. The van der Waals surface area contributed by atoms with E-state index in [1.165, 1.54) is 5.06 Å². The third-order valence-electron chi connectivity index (χ3n) is 4.02. The van der Waals surface area contributed by atoms with Crippen LogP contribution in [0.1, 0.15) is 30.1 Å². The average molecular weight is 270 g/mol. The average Bonchev–Trinajstić information content (AvgIpc) is 2.73. The lowest BCUT2D eigenvalue weighted by molar-refractivity contribution is -0.900. The van der Waals surface area contributed by atoms with Crippen molar-refractivity contribution >= 4 is 0 Å². The molecule has 2 aromatic rings. The van der Waals surface area contributed by atoms with Crippen LogP contribution in [0.4, 0.5) is 0 Å². The number of nitrogens with zero attached hydrogens (tertiary/aromatic N) is 1. The van der Waals surface area contributed by atoms with Crippen LogP contribution in [0.15, 0.2) is 60.7 Å². The molecular weight excluding hydrogens is 252 g/mol. The molecule has 104 valence electrons. The summed E-state index contributed by atoms with van der Waals surface area (Å²) in [7, 11) is 0. The highest BCUT2D eigenvalue weighted by atomic mass is 16.6. The second-order valence-electron chi connectivity index (χ2n) is 5.20. The summed E-state index contributed by atoms with van der Waals surface area (Å²) >= 11 is 0. The van der Waals surface area contributed by atoms with Gasteiger partial charge in [-0.15, -0.1) is 5.06 Å². The Morgan fingerprint density at radius 1 is 0.950 bits per heavy atom. The lowest BCUT2D eigenvalue weighted by Gasteiger charge is -2.28. The molecular formula is C16H18N2O2. The summed E-state index contributed by atoms with van der Waals surface area (Å²) < 4.78 is 0. The predicted octanol–water partition coefficient (Wildman–Crippen LogP) is 1.90. The molecule has 1 aliphatic rings. The Morgan fingerprint density at radius 2 is 1.45 bits per heavy atom. The highest BCUT2D eigenvalue weighted by Crippen LogP contribution is 2.35. The van der Waals surface area contributed by atoms with Gasteiger partial charge in [0.2, 0.25) is 0 Å². The van der Waals surface area contributed by atoms with Gasteiger partial charge in [0.25, 0.3) is 0 Å². The maximum Gasteiger partial charge on any atom is 0.164 e. The monoisotopic (exact) mass is 270 g/mol. The first kappa shape index (κ1) is 13.3. The zero-order valence-corrected chi connectivity index (χ0v) is 11.3. The number of hydrogen-bond acceptors (Lipinski definition) is 3. The van der Waals surface area contributed by atoms with Crippen LogP contribution in [0.3, 0.4) is 0 Å². The van der Waals surface area contributed by atoms with Crippen LogP contribution in [0.2, 0.25) is 0 Å². The molecule has 0 aromatic heterocycles. The Morgan fingerprint density at radius 3 is 2.00 bits per heavy atom. The van der Waals surface area contributed by atoms with Gasteiger partial charge in [-0.05, 0) is 5.56 Å². The Kier molecular flexibility index (Phi) is 3.54. The van der Waals surface area contributed by atoms with Crippen LogP contribution in [-0.4, -0.2) is 16.4 Å². The molecule has 0 spiro atoms. The van der Waals surface area contributed by atoms with Gasteiger partial charge >= 0.3 is 0 Å². The Bertz CT molecular complexity index is 510. The molecule has 2 N–H and O–H groups in total. The van der Waals surface area contributed by atoms with Crippen molar-refractivity contribution in [1.82, 2.24) is 5.06 Å². The van der Waals surface area contributed by atoms with E-state index in [9.17, 15) is 10.4 Å². The molecule has 0 saturated carbocycles. The Labute approximate surface area is 118 Å². The number of quaternary nitrogens is 1. The van der Waals surface area contributed by atoms with Gasteiger partial charge in [-0.25, -0.2) is 0 Å². The zero-order valence-electron chi connectivity index (χ0n) is 11.3. The molecule has 1 heterocycles. The minimum absolute atomic E-state index is 0.0625. The smallest absolute Gasteiger partial charge is 0.164 e. The summed E-state index contributed by atoms with van der Waals surface area (Å²) in [6.45, 7) is 1.75. The first-order valence-electron chi connectivity index (χ1n) is 6.81. The molecule has 4 heteroatoms. The SMILES string of the molecule is CC1N(O)C(c2ccccc2)C(c2ccccc2)[NH+]1[O-]. The number of nitrogens with one attached hydrogen (secondary N) is 1. The molecule has 20 heavy (non-hydrogen) atoms. The molecule has 0 bridgehead atoms. The van der Waals surface area contributed by atoms with Crippen molar-refractivity contribution in [2.45, 2.75) is 25.2 Å². The largest absolute Gasteiger partial charge is 0.633 e. The second-order valence-corrected chi connectivity index (χ2v) is 5.20. The van der Waals surface area contributed by atoms with E-state index in [2.05, 4.69) is 0 Å². The van der Waals surface area contributed by atoms with Crippen molar-refractivity contribution in [3.05, 3.63) is 77.0 Å². The van der Waals surface area contributed by atoms with Gasteiger partial charge in [-0.2, -0.15) is 0 Å². The van der Waals surface area contributed by atoms with Crippen LogP contribution in [-0.2, 0) is 0 Å².